The quantitative estimate of drug-likeness (QED) is 0.897. The SMILES string of the molecule is CC1=CCC(C)([C@H]2CN(c3nc4c(cnn4C)c(=O)[nH]3)C[C@@H]2N(C)C)C=C1. The molecule has 1 N–H and O–H groups in total. The van der Waals surface area contributed by atoms with Crippen LogP contribution in [0.1, 0.15) is 20.3 Å². The van der Waals surface area contributed by atoms with Crippen molar-refractivity contribution in [2.45, 2.75) is 26.3 Å². The molecule has 3 heterocycles. The van der Waals surface area contributed by atoms with Crippen molar-refractivity contribution in [3.63, 3.8) is 0 Å². The van der Waals surface area contributed by atoms with Gasteiger partial charge in [0.1, 0.15) is 5.39 Å². The van der Waals surface area contributed by atoms with Gasteiger partial charge in [0.15, 0.2) is 5.65 Å². The second-order valence-electron chi connectivity index (χ2n) is 8.43. The standard InChI is InChI=1S/C20H28N6O/c1-13-6-8-20(2,9-7-13)15-11-26(12-16(15)24(3)4)19-22-17-14(18(27)23-19)10-21-25(17)5/h6-8,10,15-16H,9,11-12H2,1-5H3,(H,22,23,27)/t15-,16-,20?/m0/s1. The first-order valence-corrected chi connectivity index (χ1v) is 9.48. The third-order valence-electron chi connectivity index (χ3n) is 6.28. The number of nitrogens with zero attached hydrogens (tertiary/aromatic N) is 5. The number of allylic oxidation sites excluding steroid dienone is 4. The van der Waals surface area contributed by atoms with E-state index in [0.717, 1.165) is 19.5 Å². The minimum Gasteiger partial charge on any atom is -0.340 e. The van der Waals surface area contributed by atoms with Crippen molar-refractivity contribution >= 4 is 17.0 Å². The fraction of sp³-hybridized carbons (Fsp3) is 0.550. The van der Waals surface area contributed by atoms with Crippen LogP contribution < -0.4 is 10.5 Å². The number of nitrogens with one attached hydrogen (secondary N) is 1. The van der Waals surface area contributed by atoms with Crippen molar-refractivity contribution in [1.29, 1.82) is 0 Å². The Labute approximate surface area is 159 Å². The summed E-state index contributed by atoms with van der Waals surface area (Å²) >= 11 is 0. The van der Waals surface area contributed by atoms with Crippen molar-refractivity contribution in [2.24, 2.45) is 18.4 Å². The lowest BCUT2D eigenvalue weighted by Crippen LogP contribution is -2.42. The molecule has 0 radical (unpaired) electrons. The van der Waals surface area contributed by atoms with Crippen molar-refractivity contribution in [3.05, 3.63) is 40.4 Å². The van der Waals surface area contributed by atoms with Gasteiger partial charge in [-0.3, -0.25) is 14.5 Å². The van der Waals surface area contributed by atoms with Crippen molar-refractivity contribution in [3.8, 4) is 0 Å². The molecule has 7 nitrogen and oxygen atoms in total. The predicted octanol–water partition coefficient (Wildman–Crippen LogP) is 1.94. The van der Waals surface area contributed by atoms with E-state index in [1.165, 1.54) is 5.57 Å². The number of aromatic nitrogens is 4. The maximum Gasteiger partial charge on any atom is 0.263 e. The van der Waals surface area contributed by atoms with Gasteiger partial charge in [-0.25, -0.2) is 0 Å². The van der Waals surface area contributed by atoms with Crippen molar-refractivity contribution in [2.75, 3.05) is 32.1 Å². The lowest BCUT2D eigenvalue weighted by molar-refractivity contribution is 0.161. The first-order valence-electron chi connectivity index (χ1n) is 9.48. The number of aryl methyl sites for hydroxylation is 1. The maximum absolute atomic E-state index is 12.5. The minimum atomic E-state index is -0.129. The molecule has 1 unspecified atom stereocenters. The third-order valence-corrected chi connectivity index (χ3v) is 6.28. The molecule has 0 bridgehead atoms. The van der Waals surface area contributed by atoms with E-state index in [-0.39, 0.29) is 11.0 Å². The molecule has 1 fully saturated rings. The minimum absolute atomic E-state index is 0.0973. The number of hydrogen-bond donors (Lipinski definition) is 1. The molecule has 0 amide bonds. The monoisotopic (exact) mass is 368 g/mol. The predicted molar refractivity (Wildman–Crippen MR) is 108 cm³/mol. The average Bonchev–Trinajstić information content (AvgIpc) is 3.23. The van der Waals surface area contributed by atoms with Gasteiger partial charge >= 0.3 is 0 Å². The highest BCUT2D eigenvalue weighted by molar-refractivity contribution is 5.74. The number of rotatable bonds is 3. The maximum atomic E-state index is 12.5. The van der Waals surface area contributed by atoms with E-state index >= 15 is 0 Å². The zero-order valence-corrected chi connectivity index (χ0v) is 16.7. The van der Waals surface area contributed by atoms with Crippen LogP contribution in [-0.2, 0) is 7.05 Å². The van der Waals surface area contributed by atoms with E-state index < -0.39 is 0 Å². The van der Waals surface area contributed by atoms with Crippen LogP contribution in [0.2, 0.25) is 0 Å². The first kappa shape index (κ1) is 18.0. The van der Waals surface area contributed by atoms with Gasteiger partial charge in [0.05, 0.1) is 6.20 Å². The van der Waals surface area contributed by atoms with Crippen LogP contribution in [0.15, 0.2) is 34.8 Å². The van der Waals surface area contributed by atoms with Gasteiger partial charge in [0.25, 0.3) is 5.56 Å². The molecular formula is C20H28N6O. The summed E-state index contributed by atoms with van der Waals surface area (Å²) in [5, 5.41) is 4.70. The number of H-pyrrole nitrogens is 1. The summed E-state index contributed by atoms with van der Waals surface area (Å²) in [6.07, 6.45) is 9.55. The van der Waals surface area contributed by atoms with E-state index in [2.05, 4.69) is 66.1 Å². The Kier molecular flexibility index (Phi) is 4.22. The largest absolute Gasteiger partial charge is 0.340 e. The number of likely N-dealkylation sites (N-methyl/N-ethyl adjacent to an activating group) is 1. The van der Waals surface area contributed by atoms with Gasteiger partial charge in [-0.05, 0) is 32.9 Å². The second kappa shape index (κ2) is 6.34. The Hall–Kier alpha value is -2.41. The molecule has 1 saturated heterocycles. The fourth-order valence-electron chi connectivity index (χ4n) is 4.42. The van der Waals surface area contributed by atoms with Gasteiger partial charge < -0.3 is 9.80 Å². The number of fused-ring (bicyclic) bond motifs is 1. The summed E-state index contributed by atoms with van der Waals surface area (Å²) in [4.78, 5) is 24.7. The van der Waals surface area contributed by atoms with Gasteiger partial charge in [-0.15, -0.1) is 0 Å². The fourth-order valence-corrected chi connectivity index (χ4v) is 4.42. The Morgan fingerprint density at radius 2 is 2.11 bits per heavy atom. The zero-order valence-electron chi connectivity index (χ0n) is 16.7. The summed E-state index contributed by atoms with van der Waals surface area (Å²) in [5.74, 6) is 1.08. The molecule has 1 aliphatic carbocycles. The molecule has 1 aliphatic heterocycles. The Morgan fingerprint density at radius 1 is 1.33 bits per heavy atom. The van der Waals surface area contributed by atoms with E-state index in [4.69, 9.17) is 4.98 Å². The molecule has 2 aromatic heterocycles. The summed E-state index contributed by atoms with van der Waals surface area (Å²) in [6, 6.07) is 0.388. The van der Waals surface area contributed by atoms with Crippen LogP contribution in [0.25, 0.3) is 11.0 Å². The summed E-state index contributed by atoms with van der Waals surface area (Å²) in [6.45, 7) is 6.20. The van der Waals surface area contributed by atoms with E-state index in [1.807, 2.05) is 7.05 Å². The van der Waals surface area contributed by atoms with Gasteiger partial charge in [0, 0.05) is 32.1 Å². The Morgan fingerprint density at radius 3 is 2.78 bits per heavy atom. The topological polar surface area (TPSA) is 70.0 Å². The highest BCUT2D eigenvalue weighted by Crippen LogP contribution is 2.43. The van der Waals surface area contributed by atoms with Crippen LogP contribution in [0, 0.1) is 11.3 Å². The third kappa shape index (κ3) is 3.00. The molecule has 27 heavy (non-hydrogen) atoms. The zero-order chi connectivity index (χ0) is 19.3. The lowest BCUT2D eigenvalue weighted by Gasteiger charge is -2.39. The lowest BCUT2D eigenvalue weighted by atomic mass is 9.69. The molecule has 2 aromatic rings. The summed E-state index contributed by atoms with van der Waals surface area (Å²) in [5.41, 5.74) is 1.92. The van der Waals surface area contributed by atoms with Crippen LogP contribution in [0.3, 0.4) is 0 Å². The smallest absolute Gasteiger partial charge is 0.263 e. The Balaban J connectivity index is 1.69. The number of anilines is 1. The van der Waals surface area contributed by atoms with E-state index in [1.54, 1.807) is 10.9 Å². The van der Waals surface area contributed by atoms with Crippen molar-refractivity contribution < 1.29 is 0 Å². The van der Waals surface area contributed by atoms with Gasteiger partial charge in [0.2, 0.25) is 5.95 Å². The summed E-state index contributed by atoms with van der Waals surface area (Å²) < 4.78 is 1.66. The van der Waals surface area contributed by atoms with Crippen LogP contribution in [0.5, 0.6) is 0 Å². The highest BCUT2D eigenvalue weighted by Gasteiger charge is 2.45. The second-order valence-corrected chi connectivity index (χ2v) is 8.43. The first-order chi connectivity index (χ1) is 12.8. The molecule has 144 valence electrons. The molecule has 4 rings (SSSR count). The molecule has 0 spiro atoms. The molecule has 0 aromatic carbocycles. The number of aromatic amines is 1. The van der Waals surface area contributed by atoms with Crippen molar-refractivity contribution in [1.82, 2.24) is 24.6 Å². The number of hydrogen-bond acceptors (Lipinski definition) is 5. The Bertz CT molecular complexity index is 984. The summed E-state index contributed by atoms with van der Waals surface area (Å²) in [7, 11) is 6.09. The molecule has 2 aliphatic rings. The van der Waals surface area contributed by atoms with E-state index in [9.17, 15) is 4.79 Å². The normalized spacial score (nSPS) is 28.4. The average molecular weight is 368 g/mol. The van der Waals surface area contributed by atoms with Crippen LogP contribution in [0.4, 0.5) is 5.95 Å². The van der Waals surface area contributed by atoms with E-state index in [0.29, 0.717) is 28.9 Å². The molecule has 0 saturated carbocycles. The molecule has 3 atom stereocenters. The van der Waals surface area contributed by atoms with Gasteiger partial charge in [-0.1, -0.05) is 30.7 Å². The van der Waals surface area contributed by atoms with Crippen LogP contribution in [-0.4, -0.2) is 57.9 Å². The van der Waals surface area contributed by atoms with Gasteiger partial charge in [-0.2, -0.15) is 10.1 Å². The van der Waals surface area contributed by atoms with Crippen LogP contribution >= 0.6 is 0 Å². The molecular weight excluding hydrogens is 340 g/mol. The molecule has 7 heteroatoms. The highest BCUT2D eigenvalue weighted by atomic mass is 16.1.